The average Bonchev–Trinajstić information content (AvgIpc) is 3.02. The van der Waals surface area contributed by atoms with Crippen LogP contribution < -0.4 is 11.1 Å². The van der Waals surface area contributed by atoms with Crippen molar-refractivity contribution in [3.63, 3.8) is 0 Å². The van der Waals surface area contributed by atoms with Crippen molar-refractivity contribution >= 4 is 22.4 Å². The molecule has 6 heteroatoms. The highest BCUT2D eigenvalue weighted by Gasteiger charge is 2.06. The number of guanidine groups is 1. The van der Waals surface area contributed by atoms with E-state index < -0.39 is 0 Å². The van der Waals surface area contributed by atoms with Crippen molar-refractivity contribution in [2.45, 2.75) is 6.54 Å². The number of aliphatic imine (C=N–C) groups is 1. The fraction of sp³-hybridized carbons (Fsp3) is 0.0588. The highest BCUT2D eigenvalue weighted by molar-refractivity contribution is 7.14. The van der Waals surface area contributed by atoms with E-state index >= 15 is 0 Å². The Morgan fingerprint density at radius 2 is 2.00 bits per heavy atom. The molecule has 0 saturated carbocycles. The van der Waals surface area contributed by atoms with Gasteiger partial charge >= 0.3 is 0 Å². The molecule has 0 radical (unpaired) electrons. The van der Waals surface area contributed by atoms with Crippen LogP contribution >= 0.6 is 11.3 Å². The second-order valence-corrected chi connectivity index (χ2v) is 5.76. The summed E-state index contributed by atoms with van der Waals surface area (Å²) in [5.74, 6) is 0.541. The molecular weight excluding hydrogens is 308 g/mol. The van der Waals surface area contributed by atoms with Gasteiger partial charge in [-0.05, 0) is 17.7 Å². The monoisotopic (exact) mass is 324 g/mol. The summed E-state index contributed by atoms with van der Waals surface area (Å²) in [6.45, 7) is 0.518. The Morgan fingerprint density at radius 3 is 2.78 bits per heavy atom. The molecule has 2 aromatic carbocycles. The third-order valence-electron chi connectivity index (χ3n) is 3.16. The van der Waals surface area contributed by atoms with Crippen molar-refractivity contribution < 1.29 is 5.11 Å². The van der Waals surface area contributed by atoms with E-state index in [4.69, 9.17) is 5.73 Å². The van der Waals surface area contributed by atoms with Crippen LogP contribution in [-0.2, 0) is 6.54 Å². The summed E-state index contributed by atoms with van der Waals surface area (Å²) >= 11 is 1.44. The number of nitrogens with two attached hydrogens (primary N) is 1. The highest BCUT2D eigenvalue weighted by Crippen LogP contribution is 2.26. The van der Waals surface area contributed by atoms with E-state index in [1.54, 1.807) is 18.2 Å². The van der Waals surface area contributed by atoms with Crippen LogP contribution in [0.25, 0.3) is 11.3 Å². The maximum Gasteiger partial charge on any atom is 0.195 e. The van der Waals surface area contributed by atoms with Gasteiger partial charge in [0.15, 0.2) is 11.1 Å². The number of nitrogens with one attached hydrogen (secondary N) is 1. The molecule has 1 aromatic heterocycles. The molecule has 0 aliphatic rings. The number of aromatic nitrogens is 1. The van der Waals surface area contributed by atoms with Crippen LogP contribution in [0.5, 0.6) is 5.75 Å². The van der Waals surface area contributed by atoms with E-state index in [1.165, 1.54) is 11.3 Å². The predicted molar refractivity (Wildman–Crippen MR) is 94.6 cm³/mol. The van der Waals surface area contributed by atoms with Gasteiger partial charge in [-0.1, -0.05) is 42.5 Å². The smallest absolute Gasteiger partial charge is 0.195 e. The van der Waals surface area contributed by atoms with Crippen LogP contribution in [0.1, 0.15) is 5.56 Å². The number of anilines is 1. The van der Waals surface area contributed by atoms with E-state index in [-0.39, 0.29) is 5.75 Å². The molecule has 0 fully saturated rings. The summed E-state index contributed by atoms with van der Waals surface area (Å²) in [5, 5.41) is 15.1. The number of rotatable bonds is 4. The van der Waals surface area contributed by atoms with Gasteiger partial charge in [-0.15, -0.1) is 11.3 Å². The topological polar surface area (TPSA) is 83.5 Å². The Morgan fingerprint density at radius 1 is 1.17 bits per heavy atom. The number of hydrogen-bond donors (Lipinski definition) is 3. The van der Waals surface area contributed by atoms with E-state index in [0.29, 0.717) is 17.6 Å². The molecular formula is C17H16N4OS. The molecule has 0 spiro atoms. The number of aromatic hydroxyl groups is 1. The minimum Gasteiger partial charge on any atom is -0.508 e. The third kappa shape index (κ3) is 4.08. The molecule has 0 unspecified atom stereocenters. The first-order valence-corrected chi connectivity index (χ1v) is 7.94. The van der Waals surface area contributed by atoms with E-state index in [0.717, 1.165) is 16.8 Å². The lowest BCUT2D eigenvalue weighted by atomic mass is 10.2. The van der Waals surface area contributed by atoms with Gasteiger partial charge in [0.2, 0.25) is 0 Å². The molecule has 116 valence electrons. The summed E-state index contributed by atoms with van der Waals surface area (Å²) in [6.07, 6.45) is 0. The summed E-state index contributed by atoms with van der Waals surface area (Å²) < 4.78 is 0. The van der Waals surface area contributed by atoms with Crippen LogP contribution in [0.4, 0.5) is 5.13 Å². The van der Waals surface area contributed by atoms with Gasteiger partial charge in [-0.25, -0.2) is 9.98 Å². The van der Waals surface area contributed by atoms with Crippen molar-refractivity contribution in [3.8, 4) is 17.0 Å². The quantitative estimate of drug-likeness (QED) is 0.507. The minimum atomic E-state index is 0.217. The van der Waals surface area contributed by atoms with Crippen molar-refractivity contribution in [1.82, 2.24) is 4.98 Å². The SMILES string of the molecule is NC(=NCc1ccccc1)Nc1nc(-c2cccc(O)c2)cs1. The Kier molecular flexibility index (Phi) is 4.54. The Hall–Kier alpha value is -2.86. The summed E-state index contributed by atoms with van der Waals surface area (Å²) in [5.41, 5.74) is 8.62. The van der Waals surface area contributed by atoms with Crippen LogP contribution in [0.3, 0.4) is 0 Å². The first-order valence-electron chi connectivity index (χ1n) is 7.06. The predicted octanol–water partition coefficient (Wildman–Crippen LogP) is 3.44. The second kappa shape index (κ2) is 6.93. The van der Waals surface area contributed by atoms with Crippen LogP contribution in [0.15, 0.2) is 65.0 Å². The summed E-state index contributed by atoms with van der Waals surface area (Å²) in [7, 11) is 0. The zero-order valence-electron chi connectivity index (χ0n) is 12.3. The Balaban J connectivity index is 1.66. The van der Waals surface area contributed by atoms with Crippen LogP contribution in [0, 0.1) is 0 Å². The summed E-state index contributed by atoms with van der Waals surface area (Å²) in [6, 6.07) is 16.9. The lowest BCUT2D eigenvalue weighted by Gasteiger charge is -2.02. The molecule has 0 aliphatic carbocycles. The lowest BCUT2D eigenvalue weighted by Crippen LogP contribution is -2.22. The highest BCUT2D eigenvalue weighted by atomic mass is 32.1. The Bertz CT molecular complexity index is 814. The third-order valence-corrected chi connectivity index (χ3v) is 3.91. The average molecular weight is 324 g/mol. The maximum absolute atomic E-state index is 9.53. The van der Waals surface area contributed by atoms with Gasteiger partial charge in [-0.3, -0.25) is 0 Å². The fourth-order valence-corrected chi connectivity index (χ4v) is 2.76. The number of phenols is 1. The molecule has 0 saturated heterocycles. The van der Waals surface area contributed by atoms with Gasteiger partial charge in [0, 0.05) is 10.9 Å². The molecule has 0 bridgehead atoms. The van der Waals surface area contributed by atoms with E-state index in [1.807, 2.05) is 41.8 Å². The first-order chi connectivity index (χ1) is 11.2. The maximum atomic E-state index is 9.53. The van der Waals surface area contributed by atoms with Crippen molar-refractivity contribution in [3.05, 3.63) is 65.5 Å². The van der Waals surface area contributed by atoms with Gasteiger partial charge in [0.1, 0.15) is 5.75 Å². The number of nitrogens with zero attached hydrogens (tertiary/aromatic N) is 2. The largest absolute Gasteiger partial charge is 0.508 e. The minimum absolute atomic E-state index is 0.217. The normalized spacial score (nSPS) is 11.4. The van der Waals surface area contributed by atoms with Crippen molar-refractivity contribution in [1.29, 1.82) is 0 Å². The molecule has 23 heavy (non-hydrogen) atoms. The van der Waals surface area contributed by atoms with Crippen molar-refractivity contribution in [2.24, 2.45) is 10.7 Å². The van der Waals surface area contributed by atoms with Gasteiger partial charge in [0.05, 0.1) is 12.2 Å². The fourth-order valence-electron chi connectivity index (χ4n) is 2.04. The number of thiazole rings is 1. The van der Waals surface area contributed by atoms with Crippen LogP contribution in [0.2, 0.25) is 0 Å². The molecule has 4 N–H and O–H groups in total. The first kappa shape index (κ1) is 15.1. The zero-order chi connectivity index (χ0) is 16.1. The van der Waals surface area contributed by atoms with E-state index in [9.17, 15) is 5.11 Å². The van der Waals surface area contributed by atoms with E-state index in [2.05, 4.69) is 15.3 Å². The molecule has 3 aromatic rings. The molecule has 3 rings (SSSR count). The molecule has 5 nitrogen and oxygen atoms in total. The molecule has 0 aliphatic heterocycles. The number of benzene rings is 2. The molecule has 1 heterocycles. The number of phenolic OH excluding ortho intramolecular Hbond substituents is 1. The standard InChI is InChI=1S/C17H16N4OS/c18-16(19-10-12-5-2-1-3-6-12)21-17-20-15(11-23-17)13-7-4-8-14(22)9-13/h1-9,11,22H,10H2,(H3,18,19,20,21). The van der Waals surface area contributed by atoms with Crippen LogP contribution in [-0.4, -0.2) is 16.1 Å². The summed E-state index contributed by atoms with van der Waals surface area (Å²) in [4.78, 5) is 8.75. The molecule has 0 atom stereocenters. The van der Waals surface area contributed by atoms with Crippen molar-refractivity contribution in [2.75, 3.05) is 5.32 Å². The molecule has 0 amide bonds. The zero-order valence-corrected chi connectivity index (χ0v) is 13.1. The second-order valence-electron chi connectivity index (χ2n) is 4.90. The Labute approximate surface area is 138 Å². The van der Waals surface area contributed by atoms with Gasteiger partial charge < -0.3 is 16.2 Å². The van der Waals surface area contributed by atoms with Gasteiger partial charge in [0.25, 0.3) is 0 Å². The van der Waals surface area contributed by atoms with Gasteiger partial charge in [-0.2, -0.15) is 0 Å². The number of hydrogen-bond acceptors (Lipinski definition) is 4. The lowest BCUT2D eigenvalue weighted by molar-refractivity contribution is 0.475.